The first kappa shape index (κ1) is 18.4. The van der Waals surface area contributed by atoms with Crippen LogP contribution in [0.1, 0.15) is 43.5 Å². The van der Waals surface area contributed by atoms with Crippen molar-refractivity contribution in [1.82, 2.24) is 10.1 Å². The second kappa shape index (κ2) is 8.72. The molecule has 2 rings (SSSR count). The van der Waals surface area contributed by atoms with E-state index in [9.17, 15) is 0 Å². The number of aryl methyl sites for hydroxylation is 1. The van der Waals surface area contributed by atoms with E-state index < -0.39 is 0 Å². The lowest BCUT2D eigenvalue weighted by Crippen LogP contribution is -2.22. The standard InChI is InChI=1S/C15H21N5O.HI/c1-4-10(2)12-5-7-13(8-6-12)19-15(16)17-9-14-18-11(3)21-20-14;/h5-8,10H,4,9H2,1-3H3,(H3,16,17,19);1H. The molecule has 1 unspecified atom stereocenters. The molecular weight excluding hydrogens is 393 g/mol. The zero-order valence-corrected chi connectivity index (χ0v) is 15.4. The van der Waals surface area contributed by atoms with Gasteiger partial charge in [0.2, 0.25) is 5.89 Å². The van der Waals surface area contributed by atoms with Crippen LogP contribution in [0.25, 0.3) is 0 Å². The fourth-order valence-electron chi connectivity index (χ4n) is 1.88. The van der Waals surface area contributed by atoms with Gasteiger partial charge < -0.3 is 15.6 Å². The molecule has 0 aliphatic rings. The summed E-state index contributed by atoms with van der Waals surface area (Å²) in [5.41, 5.74) is 8.07. The van der Waals surface area contributed by atoms with Crippen molar-refractivity contribution in [1.29, 1.82) is 0 Å². The Bertz CT molecular complexity index is 609. The van der Waals surface area contributed by atoms with Crippen molar-refractivity contribution in [3.8, 4) is 0 Å². The number of anilines is 1. The molecule has 1 heterocycles. The monoisotopic (exact) mass is 415 g/mol. The van der Waals surface area contributed by atoms with Gasteiger partial charge in [0, 0.05) is 12.6 Å². The molecule has 0 saturated carbocycles. The summed E-state index contributed by atoms with van der Waals surface area (Å²) >= 11 is 0. The zero-order valence-electron chi connectivity index (χ0n) is 13.0. The third-order valence-corrected chi connectivity index (χ3v) is 3.32. The van der Waals surface area contributed by atoms with Gasteiger partial charge in [-0.1, -0.05) is 31.1 Å². The van der Waals surface area contributed by atoms with E-state index in [0.717, 1.165) is 12.1 Å². The largest absolute Gasteiger partial charge is 0.370 e. The summed E-state index contributed by atoms with van der Waals surface area (Å²) in [6.07, 6.45) is 1.13. The van der Waals surface area contributed by atoms with E-state index in [0.29, 0.717) is 30.1 Å². The average Bonchev–Trinajstić information content (AvgIpc) is 2.91. The minimum absolute atomic E-state index is 0. The lowest BCUT2D eigenvalue weighted by atomic mass is 9.99. The second-order valence-corrected chi connectivity index (χ2v) is 4.99. The SMILES string of the molecule is CCC(C)c1ccc(NC(N)=NCc2noc(C)n2)cc1.I. The Morgan fingerprint density at radius 1 is 1.36 bits per heavy atom. The quantitative estimate of drug-likeness (QED) is 0.444. The molecule has 3 N–H and O–H groups in total. The van der Waals surface area contributed by atoms with Gasteiger partial charge in [-0.2, -0.15) is 4.98 Å². The van der Waals surface area contributed by atoms with E-state index >= 15 is 0 Å². The number of halogens is 1. The van der Waals surface area contributed by atoms with Gasteiger partial charge in [0.1, 0.15) is 6.54 Å². The van der Waals surface area contributed by atoms with Gasteiger partial charge in [0.25, 0.3) is 0 Å². The lowest BCUT2D eigenvalue weighted by Gasteiger charge is -2.10. The maximum atomic E-state index is 5.84. The van der Waals surface area contributed by atoms with Gasteiger partial charge in [-0.3, -0.25) is 0 Å². The van der Waals surface area contributed by atoms with Crippen molar-refractivity contribution >= 4 is 35.6 Å². The Hall–Kier alpha value is -1.64. The number of nitrogens with one attached hydrogen (secondary N) is 1. The zero-order chi connectivity index (χ0) is 15.2. The number of aliphatic imine (C=N–C) groups is 1. The third-order valence-electron chi connectivity index (χ3n) is 3.32. The van der Waals surface area contributed by atoms with Crippen LogP contribution in [0.4, 0.5) is 5.69 Å². The normalized spacial score (nSPS) is 12.6. The van der Waals surface area contributed by atoms with Gasteiger partial charge >= 0.3 is 0 Å². The topological polar surface area (TPSA) is 89.3 Å². The Labute approximate surface area is 147 Å². The fourth-order valence-corrected chi connectivity index (χ4v) is 1.88. The van der Waals surface area contributed by atoms with Crippen LogP contribution in [0.3, 0.4) is 0 Å². The summed E-state index contributed by atoms with van der Waals surface area (Å²) in [5, 5.41) is 6.80. The summed E-state index contributed by atoms with van der Waals surface area (Å²) in [6.45, 7) is 6.42. The van der Waals surface area contributed by atoms with Crippen LogP contribution in [0, 0.1) is 6.92 Å². The smallest absolute Gasteiger partial charge is 0.223 e. The Balaban J connectivity index is 0.00000242. The van der Waals surface area contributed by atoms with Crippen molar-refractivity contribution in [3.63, 3.8) is 0 Å². The van der Waals surface area contributed by atoms with E-state index in [1.165, 1.54) is 5.56 Å². The predicted molar refractivity (Wildman–Crippen MR) is 98.5 cm³/mol. The van der Waals surface area contributed by atoms with Gasteiger partial charge in [-0.05, 0) is 30.0 Å². The van der Waals surface area contributed by atoms with Crippen molar-refractivity contribution in [2.75, 3.05) is 5.32 Å². The number of hydrogen-bond acceptors (Lipinski definition) is 4. The molecule has 1 aromatic carbocycles. The Morgan fingerprint density at radius 2 is 2.05 bits per heavy atom. The molecule has 2 aromatic rings. The van der Waals surface area contributed by atoms with Crippen LogP contribution < -0.4 is 11.1 Å². The molecule has 0 fully saturated rings. The summed E-state index contributed by atoms with van der Waals surface area (Å²) in [4.78, 5) is 8.24. The highest BCUT2D eigenvalue weighted by atomic mass is 127. The van der Waals surface area contributed by atoms with E-state index in [4.69, 9.17) is 10.3 Å². The second-order valence-electron chi connectivity index (χ2n) is 4.99. The van der Waals surface area contributed by atoms with Crippen LogP contribution in [0.15, 0.2) is 33.8 Å². The highest BCUT2D eigenvalue weighted by molar-refractivity contribution is 14.0. The van der Waals surface area contributed by atoms with Gasteiger partial charge in [0.05, 0.1) is 0 Å². The van der Waals surface area contributed by atoms with Gasteiger partial charge in [-0.25, -0.2) is 4.99 Å². The molecule has 0 spiro atoms. The molecule has 0 saturated heterocycles. The number of guanidine groups is 1. The molecule has 0 aliphatic carbocycles. The average molecular weight is 415 g/mol. The molecule has 1 atom stereocenters. The lowest BCUT2D eigenvalue weighted by molar-refractivity contribution is 0.387. The number of nitrogens with zero attached hydrogens (tertiary/aromatic N) is 3. The fraction of sp³-hybridized carbons (Fsp3) is 0.400. The molecule has 7 heteroatoms. The molecule has 6 nitrogen and oxygen atoms in total. The number of nitrogens with two attached hydrogens (primary N) is 1. The van der Waals surface area contributed by atoms with Crippen LogP contribution in [0.5, 0.6) is 0 Å². The van der Waals surface area contributed by atoms with Crippen LogP contribution in [0.2, 0.25) is 0 Å². The number of rotatable bonds is 5. The van der Waals surface area contributed by atoms with E-state index in [2.05, 4.69) is 46.4 Å². The maximum Gasteiger partial charge on any atom is 0.223 e. The number of aromatic nitrogens is 2. The molecule has 22 heavy (non-hydrogen) atoms. The van der Waals surface area contributed by atoms with E-state index in [1.807, 2.05) is 12.1 Å². The predicted octanol–water partition coefficient (Wildman–Crippen LogP) is 3.44. The van der Waals surface area contributed by atoms with Crippen molar-refractivity contribution < 1.29 is 4.52 Å². The van der Waals surface area contributed by atoms with Gasteiger partial charge in [0.15, 0.2) is 11.8 Å². The first-order chi connectivity index (χ1) is 10.1. The van der Waals surface area contributed by atoms with Crippen LogP contribution in [-0.4, -0.2) is 16.1 Å². The van der Waals surface area contributed by atoms with Crippen molar-refractivity contribution in [2.45, 2.75) is 39.7 Å². The molecule has 0 amide bonds. The molecular formula is C15H22IN5O. The number of benzene rings is 1. The van der Waals surface area contributed by atoms with E-state index in [-0.39, 0.29) is 24.0 Å². The highest BCUT2D eigenvalue weighted by Gasteiger charge is 2.04. The number of hydrogen-bond donors (Lipinski definition) is 2. The first-order valence-electron chi connectivity index (χ1n) is 7.04. The minimum Gasteiger partial charge on any atom is -0.370 e. The van der Waals surface area contributed by atoms with Crippen molar-refractivity contribution in [2.24, 2.45) is 10.7 Å². The highest BCUT2D eigenvalue weighted by Crippen LogP contribution is 2.20. The Morgan fingerprint density at radius 3 is 2.59 bits per heavy atom. The van der Waals surface area contributed by atoms with Gasteiger partial charge in [-0.15, -0.1) is 24.0 Å². The summed E-state index contributed by atoms with van der Waals surface area (Å²) < 4.78 is 4.87. The maximum absolute atomic E-state index is 5.84. The first-order valence-corrected chi connectivity index (χ1v) is 7.04. The molecule has 120 valence electrons. The molecule has 0 bridgehead atoms. The van der Waals surface area contributed by atoms with E-state index in [1.54, 1.807) is 6.92 Å². The third kappa shape index (κ3) is 5.28. The molecule has 0 aliphatic heterocycles. The molecule has 0 radical (unpaired) electrons. The van der Waals surface area contributed by atoms with Crippen molar-refractivity contribution in [3.05, 3.63) is 41.5 Å². The van der Waals surface area contributed by atoms with Crippen LogP contribution in [-0.2, 0) is 6.54 Å². The summed E-state index contributed by atoms with van der Waals surface area (Å²) in [5.74, 6) is 1.93. The minimum atomic E-state index is 0. The summed E-state index contributed by atoms with van der Waals surface area (Å²) in [6, 6.07) is 8.21. The van der Waals surface area contributed by atoms with Crippen LogP contribution >= 0.6 is 24.0 Å². The molecule has 1 aromatic heterocycles. The Kier molecular flexibility index (Phi) is 7.30. The summed E-state index contributed by atoms with van der Waals surface area (Å²) in [7, 11) is 0.